The molecule has 1 aromatic heterocycles. The van der Waals surface area contributed by atoms with E-state index in [2.05, 4.69) is 176 Å². The van der Waals surface area contributed by atoms with Gasteiger partial charge in [0.2, 0.25) is 0 Å². The zero-order valence-corrected chi connectivity index (χ0v) is 39.3. The van der Waals surface area contributed by atoms with Gasteiger partial charge < -0.3 is 4.57 Å². The zero-order chi connectivity index (χ0) is 45.8. The molecule has 1 aliphatic carbocycles. The first kappa shape index (κ1) is 41.9. The molecule has 0 radical (unpaired) electrons. The molecule has 68 heavy (non-hydrogen) atoms. The van der Waals surface area contributed by atoms with E-state index in [4.69, 9.17) is 15.0 Å². The van der Waals surface area contributed by atoms with Crippen molar-refractivity contribution in [3.8, 4) is 56.4 Å². The quantitative estimate of drug-likeness (QED) is 0.113. The largest absolute Gasteiger partial charge is 0.319 e. The minimum atomic E-state index is -2.37. The van der Waals surface area contributed by atoms with Crippen LogP contribution in [-0.4, -0.2) is 28.3 Å². The van der Waals surface area contributed by atoms with E-state index in [-0.39, 0.29) is 5.41 Å². The van der Waals surface area contributed by atoms with Gasteiger partial charge in [0, 0.05) is 27.4 Å². The van der Waals surface area contributed by atoms with E-state index in [0.29, 0.717) is 17.5 Å². The predicted molar refractivity (Wildman–Crippen MR) is 286 cm³/mol. The highest BCUT2D eigenvalue weighted by atomic mass is 31.2. The third-order valence-electron chi connectivity index (χ3n) is 14.5. The highest BCUT2D eigenvalue weighted by Gasteiger charge is 2.36. The number of fused-ring (bicyclic) bond motifs is 4. The maximum absolute atomic E-state index is 12.9. The lowest BCUT2D eigenvalue weighted by atomic mass is 9.65. The number of hydrogen-bond donors (Lipinski definition) is 0. The molecule has 5 heteroatoms. The summed E-state index contributed by atoms with van der Waals surface area (Å²) in [5.74, 6) is 1.99. The second kappa shape index (κ2) is 17.0. The van der Waals surface area contributed by atoms with Gasteiger partial charge in [-0.2, -0.15) is 0 Å². The van der Waals surface area contributed by atoms with Gasteiger partial charge in [0.25, 0.3) is 0 Å². The number of hydrogen-bond acceptors (Lipinski definition) is 4. The van der Waals surface area contributed by atoms with Crippen LogP contribution in [0.4, 0.5) is 0 Å². The van der Waals surface area contributed by atoms with Crippen molar-refractivity contribution in [3.63, 3.8) is 0 Å². The van der Waals surface area contributed by atoms with E-state index in [1.165, 1.54) is 68.6 Å². The lowest BCUT2D eigenvalue weighted by molar-refractivity contribution is 0.346. The predicted octanol–water partition coefficient (Wildman–Crippen LogP) is 16.3. The maximum Gasteiger partial charge on any atom is 0.165 e. The van der Waals surface area contributed by atoms with Crippen LogP contribution in [0.5, 0.6) is 0 Å². The molecular formula is C63H50N3OP. The van der Waals surface area contributed by atoms with Gasteiger partial charge >= 0.3 is 0 Å². The lowest BCUT2D eigenvalue weighted by Crippen LogP contribution is -2.30. The molecule has 1 heterocycles. The maximum atomic E-state index is 12.9. The Labute approximate surface area is 397 Å². The Morgan fingerprint density at radius 2 is 0.750 bits per heavy atom. The molecule has 0 bridgehead atoms. The van der Waals surface area contributed by atoms with Crippen molar-refractivity contribution < 1.29 is 4.57 Å². The molecule has 0 aliphatic heterocycles. The fourth-order valence-corrected chi connectivity index (χ4v) is 12.0. The summed E-state index contributed by atoms with van der Waals surface area (Å²) in [6.45, 7) is 3.67. The first-order valence-electron chi connectivity index (χ1n) is 23.9. The normalized spacial score (nSPS) is 13.9. The number of aromatic nitrogens is 3. The van der Waals surface area contributed by atoms with Crippen LogP contribution in [-0.2, 0) is 9.98 Å². The molecule has 1 saturated carbocycles. The first-order valence-corrected chi connectivity index (χ1v) is 26.5. The van der Waals surface area contributed by atoms with Gasteiger partial charge in [-0.25, -0.2) is 15.0 Å². The van der Waals surface area contributed by atoms with Gasteiger partial charge in [0.1, 0.15) is 7.14 Å². The molecule has 0 unspecified atom stereocenters. The average Bonchev–Trinajstić information content (AvgIpc) is 3.39. The van der Waals surface area contributed by atoms with Crippen LogP contribution >= 0.6 is 7.14 Å². The summed E-state index contributed by atoms with van der Waals surface area (Å²) in [4.78, 5) is 15.7. The molecule has 12 rings (SSSR count). The Balaban J connectivity index is 0.946. The molecule has 0 N–H and O–H groups in total. The topological polar surface area (TPSA) is 55.7 Å². The Kier molecular flexibility index (Phi) is 10.5. The third kappa shape index (κ3) is 7.32. The molecule has 0 saturated heterocycles. The molecule has 4 nitrogen and oxygen atoms in total. The van der Waals surface area contributed by atoms with Gasteiger partial charge in [0.05, 0.1) is 0 Å². The summed E-state index contributed by atoms with van der Waals surface area (Å²) in [5, 5.41) is 10.3. The van der Waals surface area contributed by atoms with Crippen molar-refractivity contribution in [2.45, 2.75) is 37.5 Å². The Morgan fingerprint density at radius 1 is 0.368 bits per heavy atom. The van der Waals surface area contributed by atoms with Crippen molar-refractivity contribution >= 4 is 55.5 Å². The van der Waals surface area contributed by atoms with Crippen molar-refractivity contribution in [1.82, 2.24) is 15.0 Å². The summed E-state index contributed by atoms with van der Waals surface area (Å²) < 4.78 is 12.9. The first-order chi connectivity index (χ1) is 33.3. The highest BCUT2D eigenvalue weighted by molar-refractivity contribution is 7.70. The SMILES string of the molecule is CP(C)(=O)c1ccc(-c2c3ccccc3c(-c3ccc(C4(c5ccc(-c6nc(-c7ccccc7)nc(-c7c8ccccc8cc8ccccc78)n6)cc5)CCCCC4)cc3)c3ccccc23)cc1. The average molecular weight is 896 g/mol. The summed E-state index contributed by atoms with van der Waals surface area (Å²) in [7, 11) is -2.37. The number of rotatable bonds is 8. The molecular weight excluding hydrogens is 846 g/mol. The molecule has 0 atom stereocenters. The van der Waals surface area contributed by atoms with Crippen molar-refractivity contribution in [2.75, 3.05) is 13.3 Å². The van der Waals surface area contributed by atoms with Crippen LogP contribution in [0, 0.1) is 0 Å². The van der Waals surface area contributed by atoms with Crippen molar-refractivity contribution in [3.05, 3.63) is 217 Å². The smallest absolute Gasteiger partial charge is 0.165 e. The van der Waals surface area contributed by atoms with Crippen LogP contribution in [0.1, 0.15) is 43.2 Å². The van der Waals surface area contributed by atoms with Gasteiger partial charge in [-0.3, -0.25) is 0 Å². The third-order valence-corrected chi connectivity index (χ3v) is 16.0. The lowest BCUT2D eigenvalue weighted by Gasteiger charge is -2.39. The molecule has 0 spiro atoms. The van der Waals surface area contributed by atoms with Gasteiger partial charge in [-0.15, -0.1) is 0 Å². The van der Waals surface area contributed by atoms with E-state index in [0.717, 1.165) is 61.9 Å². The molecule has 328 valence electrons. The Morgan fingerprint density at radius 3 is 1.22 bits per heavy atom. The second-order valence-corrected chi connectivity index (χ2v) is 22.1. The number of benzene rings is 10. The minimum Gasteiger partial charge on any atom is -0.319 e. The van der Waals surface area contributed by atoms with Crippen molar-refractivity contribution in [1.29, 1.82) is 0 Å². The van der Waals surface area contributed by atoms with Crippen LogP contribution in [0.15, 0.2) is 206 Å². The fraction of sp³-hybridized carbons (Fsp3) is 0.127. The molecule has 1 aliphatic rings. The molecule has 1 fully saturated rings. The zero-order valence-electron chi connectivity index (χ0n) is 38.4. The van der Waals surface area contributed by atoms with Crippen LogP contribution in [0.25, 0.3) is 99.5 Å². The minimum absolute atomic E-state index is 0.113. The Hall–Kier alpha value is -7.52. The van der Waals surface area contributed by atoms with E-state index >= 15 is 0 Å². The van der Waals surface area contributed by atoms with Crippen LogP contribution in [0.2, 0.25) is 0 Å². The molecule has 10 aromatic carbocycles. The van der Waals surface area contributed by atoms with Crippen LogP contribution in [0.3, 0.4) is 0 Å². The van der Waals surface area contributed by atoms with E-state index in [9.17, 15) is 4.57 Å². The highest BCUT2D eigenvalue weighted by Crippen LogP contribution is 2.48. The van der Waals surface area contributed by atoms with Gasteiger partial charge in [-0.05, 0) is 109 Å². The van der Waals surface area contributed by atoms with E-state index in [1.807, 2.05) is 43.7 Å². The Bertz CT molecular complexity index is 3630. The van der Waals surface area contributed by atoms with E-state index < -0.39 is 7.14 Å². The molecule has 0 amide bonds. The monoisotopic (exact) mass is 895 g/mol. The summed E-state index contributed by atoms with van der Waals surface area (Å²) in [5.41, 5.74) is 10.3. The standard InChI is InChI=1S/C63H50N3OP/c1-68(2,67)50-37-31-43(32-38-50)58-55-25-13-11-23-53(55)57(54-24-12-14-26-56(54)58)42-27-33-48(34-28-42)63(39-15-4-16-40-63)49-35-29-45(30-36-49)61-64-60(44-17-5-3-6-18-44)65-62(66-61)59-51-21-9-7-19-46(51)41-47-20-8-10-22-52(47)59/h3,5-14,17-38,41H,4,15-16,39-40H2,1-2H3. The fourth-order valence-electron chi connectivity index (χ4n) is 11.1. The van der Waals surface area contributed by atoms with Gasteiger partial charge in [-0.1, -0.05) is 219 Å². The molecule has 11 aromatic rings. The van der Waals surface area contributed by atoms with E-state index in [1.54, 1.807) is 0 Å². The summed E-state index contributed by atoms with van der Waals surface area (Å²) in [6, 6.07) is 74.2. The summed E-state index contributed by atoms with van der Waals surface area (Å²) in [6.07, 6.45) is 5.81. The van der Waals surface area contributed by atoms with Gasteiger partial charge in [0.15, 0.2) is 17.5 Å². The summed E-state index contributed by atoms with van der Waals surface area (Å²) >= 11 is 0. The number of nitrogens with zero attached hydrogens (tertiary/aromatic N) is 3. The van der Waals surface area contributed by atoms with Crippen LogP contribution < -0.4 is 5.30 Å². The van der Waals surface area contributed by atoms with Crippen molar-refractivity contribution in [2.24, 2.45) is 0 Å². The second-order valence-electron chi connectivity index (χ2n) is 18.9.